The molecule has 3 nitrogen and oxygen atoms in total. The zero-order valence-corrected chi connectivity index (χ0v) is 16.1. The van der Waals surface area contributed by atoms with Gasteiger partial charge in [0.15, 0.2) is 0 Å². The van der Waals surface area contributed by atoms with Crippen molar-refractivity contribution >= 4 is 28.9 Å². The Morgan fingerprint density at radius 2 is 1.73 bits per heavy atom. The number of hydrogen-bond donors (Lipinski definition) is 2. The molecule has 26 heavy (non-hydrogen) atoms. The monoisotopic (exact) mass is 388 g/mol. The first-order valence-corrected chi connectivity index (χ1v) is 9.78. The first-order chi connectivity index (χ1) is 12.5. The minimum absolute atomic E-state index is 0.0210. The first kappa shape index (κ1) is 17.8. The van der Waals surface area contributed by atoms with E-state index >= 15 is 0 Å². The van der Waals surface area contributed by atoms with Gasteiger partial charge in [0.25, 0.3) is 0 Å². The van der Waals surface area contributed by atoms with Gasteiger partial charge in [-0.05, 0) is 48.2 Å². The third kappa shape index (κ3) is 2.92. The molecule has 2 fully saturated rings. The molecule has 2 aromatic rings. The van der Waals surface area contributed by atoms with E-state index in [1.54, 1.807) is 0 Å². The minimum Gasteiger partial charge on any atom is -0.411 e. The Morgan fingerprint density at radius 1 is 1.08 bits per heavy atom. The van der Waals surface area contributed by atoms with E-state index in [9.17, 15) is 5.21 Å². The Labute approximate surface area is 164 Å². The van der Waals surface area contributed by atoms with Gasteiger partial charge in [-0.2, -0.15) is 0 Å². The molecule has 0 spiro atoms. The zero-order valence-electron chi connectivity index (χ0n) is 14.6. The van der Waals surface area contributed by atoms with E-state index in [4.69, 9.17) is 23.2 Å². The summed E-state index contributed by atoms with van der Waals surface area (Å²) in [7, 11) is 0. The van der Waals surface area contributed by atoms with E-state index in [0.29, 0.717) is 5.02 Å². The molecule has 4 unspecified atom stereocenters. The molecular formula is C21H22Cl2N2O. The van der Waals surface area contributed by atoms with Gasteiger partial charge in [0, 0.05) is 33.5 Å². The van der Waals surface area contributed by atoms with E-state index in [-0.39, 0.29) is 23.4 Å². The van der Waals surface area contributed by atoms with Crippen molar-refractivity contribution < 1.29 is 5.21 Å². The van der Waals surface area contributed by atoms with E-state index in [1.807, 2.05) is 36.4 Å². The molecule has 5 heteroatoms. The highest BCUT2D eigenvalue weighted by Gasteiger charge is 2.53. The van der Waals surface area contributed by atoms with Crippen molar-refractivity contribution in [3.63, 3.8) is 0 Å². The van der Waals surface area contributed by atoms with E-state index < -0.39 is 0 Å². The standard InChI is InChI=1S/C21H22Cl2N2O/c1-21-10-4-9-17(20(21)25-26)18(13-5-2-7-15(22)11-13)24-19(21)14-6-3-8-16(23)12-14/h2-3,5-8,11-12,17-19,24,26H,4,9-10H2,1H3/b25-20+. The molecule has 1 saturated heterocycles. The molecule has 1 aliphatic heterocycles. The molecule has 2 bridgehead atoms. The lowest BCUT2D eigenvalue weighted by Crippen LogP contribution is -2.56. The van der Waals surface area contributed by atoms with Crippen LogP contribution < -0.4 is 5.32 Å². The summed E-state index contributed by atoms with van der Waals surface area (Å²) in [6.45, 7) is 2.20. The maximum absolute atomic E-state index is 9.91. The molecule has 1 aliphatic carbocycles. The molecular weight excluding hydrogens is 367 g/mol. The van der Waals surface area contributed by atoms with Crippen LogP contribution in [0.15, 0.2) is 53.7 Å². The van der Waals surface area contributed by atoms with Gasteiger partial charge < -0.3 is 10.5 Å². The van der Waals surface area contributed by atoms with Gasteiger partial charge in [0.2, 0.25) is 0 Å². The van der Waals surface area contributed by atoms with Crippen LogP contribution in [-0.4, -0.2) is 10.9 Å². The van der Waals surface area contributed by atoms with Gasteiger partial charge in [-0.3, -0.25) is 0 Å². The average Bonchev–Trinajstić information content (AvgIpc) is 2.61. The van der Waals surface area contributed by atoms with Gasteiger partial charge in [0.1, 0.15) is 0 Å². The van der Waals surface area contributed by atoms with E-state index in [2.05, 4.69) is 29.5 Å². The van der Waals surface area contributed by atoms with Gasteiger partial charge in [-0.15, -0.1) is 0 Å². The predicted molar refractivity (Wildman–Crippen MR) is 106 cm³/mol. The molecule has 2 N–H and O–H groups in total. The molecule has 0 radical (unpaired) electrons. The molecule has 2 aliphatic rings. The first-order valence-electron chi connectivity index (χ1n) is 9.02. The quantitative estimate of drug-likeness (QED) is 0.488. The molecule has 1 saturated carbocycles. The number of halogens is 2. The van der Waals surface area contributed by atoms with E-state index in [0.717, 1.165) is 41.1 Å². The van der Waals surface area contributed by atoms with Crippen LogP contribution in [0.3, 0.4) is 0 Å². The summed E-state index contributed by atoms with van der Waals surface area (Å²) < 4.78 is 0. The number of rotatable bonds is 2. The fraction of sp³-hybridized carbons (Fsp3) is 0.381. The number of benzene rings is 2. The van der Waals surface area contributed by atoms with Crippen LogP contribution in [0, 0.1) is 11.3 Å². The zero-order chi connectivity index (χ0) is 18.3. The van der Waals surface area contributed by atoms with Crippen LogP contribution in [-0.2, 0) is 0 Å². The Balaban J connectivity index is 1.83. The van der Waals surface area contributed by atoms with Crippen molar-refractivity contribution in [2.45, 2.75) is 38.3 Å². The van der Waals surface area contributed by atoms with Crippen LogP contribution in [0.25, 0.3) is 0 Å². The van der Waals surface area contributed by atoms with Crippen molar-refractivity contribution in [1.82, 2.24) is 5.32 Å². The molecule has 1 heterocycles. The summed E-state index contributed by atoms with van der Waals surface area (Å²) in [5.41, 5.74) is 2.89. The lowest BCUT2D eigenvalue weighted by Gasteiger charge is -2.53. The predicted octanol–water partition coefficient (Wildman–Crippen LogP) is 6.02. The van der Waals surface area contributed by atoms with Crippen molar-refractivity contribution in [3.05, 3.63) is 69.7 Å². The molecule has 0 amide bonds. The normalized spacial score (nSPS) is 32.6. The van der Waals surface area contributed by atoms with Crippen molar-refractivity contribution in [2.75, 3.05) is 0 Å². The minimum atomic E-state index is -0.239. The van der Waals surface area contributed by atoms with Gasteiger partial charge in [-0.25, -0.2) is 0 Å². The third-order valence-electron chi connectivity index (χ3n) is 6.03. The lowest BCUT2D eigenvalue weighted by atomic mass is 9.58. The summed E-state index contributed by atoms with van der Waals surface area (Å²) in [4.78, 5) is 0. The molecule has 4 rings (SSSR count). The van der Waals surface area contributed by atoms with Crippen molar-refractivity contribution in [3.8, 4) is 0 Å². The van der Waals surface area contributed by atoms with Crippen molar-refractivity contribution in [1.29, 1.82) is 0 Å². The Bertz CT molecular complexity index is 853. The molecule has 4 atom stereocenters. The smallest absolute Gasteiger partial charge is 0.0698 e. The number of hydrogen-bond acceptors (Lipinski definition) is 3. The second kappa shape index (κ2) is 6.88. The van der Waals surface area contributed by atoms with Crippen molar-refractivity contribution in [2.24, 2.45) is 16.5 Å². The van der Waals surface area contributed by atoms with Gasteiger partial charge >= 0.3 is 0 Å². The Morgan fingerprint density at radius 3 is 2.38 bits per heavy atom. The molecule has 136 valence electrons. The lowest BCUT2D eigenvalue weighted by molar-refractivity contribution is 0.147. The summed E-state index contributed by atoms with van der Waals surface area (Å²) in [6.07, 6.45) is 3.09. The van der Waals surface area contributed by atoms with Crippen LogP contribution in [0.5, 0.6) is 0 Å². The summed E-state index contributed by atoms with van der Waals surface area (Å²) >= 11 is 12.5. The highest BCUT2D eigenvalue weighted by atomic mass is 35.5. The summed E-state index contributed by atoms with van der Waals surface area (Å²) in [5, 5.41) is 19.0. The Kier molecular flexibility index (Phi) is 4.72. The number of oxime groups is 1. The van der Waals surface area contributed by atoms with Crippen LogP contribution in [0.1, 0.15) is 49.4 Å². The van der Waals surface area contributed by atoms with Crippen LogP contribution >= 0.6 is 23.2 Å². The maximum Gasteiger partial charge on any atom is 0.0698 e. The fourth-order valence-electron chi connectivity index (χ4n) is 4.84. The third-order valence-corrected chi connectivity index (χ3v) is 6.50. The van der Waals surface area contributed by atoms with Gasteiger partial charge in [-0.1, -0.05) is 66.0 Å². The fourth-order valence-corrected chi connectivity index (χ4v) is 5.24. The summed E-state index contributed by atoms with van der Waals surface area (Å²) in [5.74, 6) is 0.160. The topological polar surface area (TPSA) is 44.6 Å². The maximum atomic E-state index is 9.91. The largest absolute Gasteiger partial charge is 0.411 e. The molecule has 0 aromatic heterocycles. The highest BCUT2D eigenvalue weighted by Crippen LogP contribution is 2.53. The van der Waals surface area contributed by atoms with Gasteiger partial charge in [0.05, 0.1) is 5.71 Å². The second-order valence-electron chi connectivity index (χ2n) is 7.59. The van der Waals surface area contributed by atoms with Crippen LogP contribution in [0.4, 0.5) is 0 Å². The SMILES string of the molecule is CC12CCCC(/C1=N\O)C(c1cccc(Cl)c1)NC2c1cccc(Cl)c1. The highest BCUT2D eigenvalue weighted by molar-refractivity contribution is 6.30. The average molecular weight is 389 g/mol. The van der Waals surface area contributed by atoms with Crippen LogP contribution in [0.2, 0.25) is 10.0 Å². The molecule has 2 aromatic carbocycles. The number of nitrogens with zero attached hydrogens (tertiary/aromatic N) is 1. The van der Waals surface area contributed by atoms with E-state index in [1.165, 1.54) is 0 Å². The number of nitrogens with one attached hydrogen (secondary N) is 1. The Hall–Kier alpha value is -1.55. The second-order valence-corrected chi connectivity index (χ2v) is 8.46. The number of fused-ring (bicyclic) bond motifs is 2. The number of piperidine rings is 1. The summed E-state index contributed by atoms with van der Waals surface area (Å²) in [6, 6.07) is 16.0.